The van der Waals surface area contributed by atoms with E-state index >= 15 is 0 Å². The van der Waals surface area contributed by atoms with Crippen molar-refractivity contribution in [1.29, 1.82) is 5.26 Å². The van der Waals surface area contributed by atoms with Crippen LogP contribution in [0.2, 0.25) is 0 Å². The highest BCUT2D eigenvalue weighted by Crippen LogP contribution is 2.25. The topological polar surface area (TPSA) is 113 Å². The zero-order valence-electron chi connectivity index (χ0n) is 10.8. The van der Waals surface area contributed by atoms with Gasteiger partial charge in [0.1, 0.15) is 23.3 Å². The Morgan fingerprint density at radius 2 is 1.67 bits per heavy atom. The summed E-state index contributed by atoms with van der Waals surface area (Å²) in [6.07, 6.45) is 0. The minimum Gasteiger partial charge on any atom is -0.506 e. The van der Waals surface area contributed by atoms with Gasteiger partial charge in [-0.1, -0.05) is 24.3 Å². The second-order valence-corrected chi connectivity index (χ2v) is 3.86. The van der Waals surface area contributed by atoms with E-state index in [2.05, 4.69) is 20.8 Å². The number of anilines is 1. The number of rotatable bonds is 3. The SMILES string of the molecule is N#CC(/N=N/c1ccccc1O)=N\Nc1ccccc1O. The molecule has 2 rings (SSSR count). The fourth-order valence-electron chi connectivity index (χ4n) is 1.40. The predicted octanol–water partition coefficient (Wildman–Crippen LogP) is 3.13. The van der Waals surface area contributed by atoms with Crippen LogP contribution in [0, 0.1) is 11.3 Å². The van der Waals surface area contributed by atoms with Gasteiger partial charge in [0.25, 0.3) is 5.84 Å². The first-order valence-corrected chi connectivity index (χ1v) is 5.92. The zero-order valence-corrected chi connectivity index (χ0v) is 10.8. The van der Waals surface area contributed by atoms with Crippen LogP contribution in [0.4, 0.5) is 11.4 Å². The number of nitriles is 1. The van der Waals surface area contributed by atoms with Crippen LogP contribution in [0.15, 0.2) is 63.9 Å². The number of para-hydroxylation sites is 3. The molecule has 2 aromatic rings. The van der Waals surface area contributed by atoms with Crippen LogP contribution >= 0.6 is 0 Å². The lowest BCUT2D eigenvalue weighted by Crippen LogP contribution is -1.96. The Morgan fingerprint density at radius 3 is 2.33 bits per heavy atom. The quantitative estimate of drug-likeness (QED) is 0.263. The molecule has 0 aromatic heterocycles. The highest BCUT2D eigenvalue weighted by atomic mass is 16.3. The van der Waals surface area contributed by atoms with Crippen molar-refractivity contribution >= 4 is 17.2 Å². The number of azo groups is 1. The van der Waals surface area contributed by atoms with Crippen LogP contribution in [-0.2, 0) is 0 Å². The molecular weight excluding hydrogens is 270 g/mol. The molecule has 0 amide bonds. The number of nitrogens with one attached hydrogen (secondary N) is 1. The van der Waals surface area contributed by atoms with Gasteiger partial charge in [0, 0.05) is 0 Å². The third-order valence-corrected chi connectivity index (χ3v) is 2.42. The molecule has 0 bridgehead atoms. The van der Waals surface area contributed by atoms with Gasteiger partial charge in [0.2, 0.25) is 0 Å². The lowest BCUT2D eigenvalue weighted by Gasteiger charge is -2.01. The van der Waals surface area contributed by atoms with E-state index in [-0.39, 0.29) is 23.0 Å². The maximum atomic E-state index is 9.54. The monoisotopic (exact) mass is 281 g/mol. The van der Waals surface area contributed by atoms with E-state index < -0.39 is 0 Å². The van der Waals surface area contributed by atoms with E-state index in [4.69, 9.17) is 5.26 Å². The van der Waals surface area contributed by atoms with Crippen molar-refractivity contribution in [2.75, 3.05) is 5.43 Å². The number of hydrazone groups is 1. The van der Waals surface area contributed by atoms with Gasteiger partial charge in [0.05, 0.1) is 5.69 Å². The van der Waals surface area contributed by atoms with Gasteiger partial charge in [-0.2, -0.15) is 5.26 Å². The summed E-state index contributed by atoms with van der Waals surface area (Å²) < 4.78 is 0. The number of aromatic hydroxyl groups is 2. The number of phenols is 2. The summed E-state index contributed by atoms with van der Waals surface area (Å²) in [5.74, 6) is -0.301. The summed E-state index contributed by atoms with van der Waals surface area (Å²) in [4.78, 5) is 0. The van der Waals surface area contributed by atoms with Gasteiger partial charge in [-0.3, -0.25) is 5.43 Å². The van der Waals surface area contributed by atoms with E-state index in [0.717, 1.165) is 0 Å². The lowest BCUT2D eigenvalue weighted by atomic mass is 10.3. The van der Waals surface area contributed by atoms with Crippen molar-refractivity contribution in [3.8, 4) is 17.6 Å². The summed E-state index contributed by atoms with van der Waals surface area (Å²) >= 11 is 0. The fraction of sp³-hybridized carbons (Fsp3) is 0. The molecule has 0 spiro atoms. The number of hydrogen-bond acceptors (Lipinski definition) is 6. The molecule has 0 saturated heterocycles. The van der Waals surface area contributed by atoms with Crippen LogP contribution < -0.4 is 5.43 Å². The normalized spacial score (nSPS) is 11.3. The molecule has 0 atom stereocenters. The Labute approximate surface area is 120 Å². The highest BCUT2D eigenvalue weighted by Gasteiger charge is 2.01. The van der Waals surface area contributed by atoms with Gasteiger partial charge >= 0.3 is 0 Å². The summed E-state index contributed by atoms with van der Waals surface area (Å²) in [6.45, 7) is 0. The molecule has 21 heavy (non-hydrogen) atoms. The Balaban J connectivity index is 2.14. The molecule has 7 heteroatoms. The summed E-state index contributed by atoms with van der Waals surface area (Å²) in [6, 6.07) is 14.5. The van der Waals surface area contributed by atoms with Crippen molar-refractivity contribution in [2.45, 2.75) is 0 Å². The predicted molar refractivity (Wildman–Crippen MR) is 77.4 cm³/mol. The first-order valence-electron chi connectivity index (χ1n) is 5.92. The standard InChI is InChI=1S/C14H11N5O2/c15-9-14(18-16-10-5-1-3-7-12(10)20)19-17-11-6-2-4-8-13(11)21/h1-8,16,20-21H/b18-14+,19-17+. The molecule has 104 valence electrons. The maximum Gasteiger partial charge on any atom is 0.270 e. The van der Waals surface area contributed by atoms with Gasteiger partial charge in [-0.25, -0.2) is 0 Å². The van der Waals surface area contributed by atoms with E-state index in [0.29, 0.717) is 5.69 Å². The third-order valence-electron chi connectivity index (χ3n) is 2.42. The van der Waals surface area contributed by atoms with E-state index in [1.165, 1.54) is 12.1 Å². The molecule has 2 aromatic carbocycles. The molecule has 0 unspecified atom stereocenters. The van der Waals surface area contributed by atoms with Gasteiger partial charge in [-0.15, -0.1) is 15.3 Å². The minimum atomic E-state index is -0.249. The zero-order chi connectivity index (χ0) is 15.1. The Hall–Kier alpha value is -3.40. The number of phenolic OH excluding ortho intramolecular Hbond substituents is 2. The van der Waals surface area contributed by atoms with Crippen molar-refractivity contribution < 1.29 is 10.2 Å². The van der Waals surface area contributed by atoms with E-state index in [1.54, 1.807) is 42.5 Å². The second kappa shape index (κ2) is 6.68. The van der Waals surface area contributed by atoms with Crippen molar-refractivity contribution in [3.05, 3.63) is 48.5 Å². The number of amidine groups is 1. The highest BCUT2D eigenvalue weighted by molar-refractivity contribution is 5.97. The smallest absolute Gasteiger partial charge is 0.270 e. The first kappa shape index (κ1) is 14.0. The van der Waals surface area contributed by atoms with Gasteiger partial charge < -0.3 is 10.2 Å². The van der Waals surface area contributed by atoms with Gasteiger partial charge in [0.15, 0.2) is 0 Å². The van der Waals surface area contributed by atoms with Gasteiger partial charge in [-0.05, 0) is 24.3 Å². The molecular formula is C14H11N5O2. The van der Waals surface area contributed by atoms with E-state index in [9.17, 15) is 10.2 Å². The molecule has 0 aliphatic heterocycles. The number of hydrogen-bond donors (Lipinski definition) is 3. The Morgan fingerprint density at radius 1 is 1.00 bits per heavy atom. The second-order valence-electron chi connectivity index (χ2n) is 3.86. The molecule has 0 aliphatic rings. The summed E-state index contributed by atoms with van der Waals surface area (Å²) in [7, 11) is 0. The largest absolute Gasteiger partial charge is 0.506 e. The van der Waals surface area contributed by atoms with Crippen LogP contribution in [0.25, 0.3) is 0 Å². The summed E-state index contributed by atoms with van der Waals surface area (Å²) in [5.41, 5.74) is 3.08. The number of benzene rings is 2. The maximum absolute atomic E-state index is 9.54. The minimum absolute atomic E-state index is 0.00353. The summed E-state index contributed by atoms with van der Waals surface area (Å²) in [5, 5.41) is 39.1. The van der Waals surface area contributed by atoms with Crippen molar-refractivity contribution in [3.63, 3.8) is 0 Å². The lowest BCUT2D eigenvalue weighted by molar-refractivity contribution is 0.476. The molecule has 0 radical (unpaired) electrons. The molecule has 0 fully saturated rings. The average Bonchev–Trinajstić information content (AvgIpc) is 2.50. The Bertz CT molecular complexity index is 734. The molecule has 0 saturated carbocycles. The first-order chi connectivity index (χ1) is 10.2. The van der Waals surface area contributed by atoms with Crippen LogP contribution in [0.5, 0.6) is 11.5 Å². The van der Waals surface area contributed by atoms with Crippen molar-refractivity contribution in [1.82, 2.24) is 0 Å². The van der Waals surface area contributed by atoms with Crippen molar-refractivity contribution in [2.24, 2.45) is 15.3 Å². The molecule has 7 nitrogen and oxygen atoms in total. The molecule has 3 N–H and O–H groups in total. The fourth-order valence-corrected chi connectivity index (χ4v) is 1.40. The van der Waals surface area contributed by atoms with E-state index in [1.807, 2.05) is 0 Å². The number of nitrogens with zero attached hydrogens (tertiary/aromatic N) is 4. The third kappa shape index (κ3) is 3.78. The average molecular weight is 281 g/mol. The Kier molecular flexibility index (Phi) is 4.46. The molecule has 0 aliphatic carbocycles. The molecule has 0 heterocycles. The van der Waals surface area contributed by atoms with Crippen LogP contribution in [-0.4, -0.2) is 16.0 Å². The van der Waals surface area contributed by atoms with Crippen LogP contribution in [0.1, 0.15) is 0 Å². The van der Waals surface area contributed by atoms with Crippen LogP contribution in [0.3, 0.4) is 0 Å².